The van der Waals surface area contributed by atoms with Crippen LogP contribution in [0.2, 0.25) is 0 Å². The van der Waals surface area contributed by atoms with Gasteiger partial charge in [0.05, 0.1) is 11.5 Å². The Balaban J connectivity index is 2.35. The lowest BCUT2D eigenvalue weighted by Gasteiger charge is -2.26. The van der Waals surface area contributed by atoms with Gasteiger partial charge >= 0.3 is 0 Å². The van der Waals surface area contributed by atoms with Gasteiger partial charge in [0.2, 0.25) is 0 Å². The van der Waals surface area contributed by atoms with Crippen LogP contribution in [-0.4, -0.2) is 13.2 Å². The Morgan fingerprint density at radius 2 is 2.33 bits per heavy atom. The van der Waals surface area contributed by atoms with Crippen molar-refractivity contribution in [2.45, 2.75) is 33.1 Å². The molecule has 0 aliphatic carbocycles. The van der Waals surface area contributed by atoms with E-state index < -0.39 is 0 Å². The molecule has 1 fully saturated rings. The summed E-state index contributed by atoms with van der Waals surface area (Å²) < 4.78 is 5.36. The molecule has 1 rings (SSSR count). The van der Waals surface area contributed by atoms with Gasteiger partial charge in [-0.25, -0.2) is 0 Å². The molecule has 0 bridgehead atoms. The standard InChI is InChI=1S/C10H17NO/c1-10(2,8-11)6-9-4-3-5-12-7-9/h9H,3-7H2,1-2H3/t9-/m1/s1. The molecule has 1 saturated heterocycles. The van der Waals surface area contributed by atoms with Crippen LogP contribution in [0.1, 0.15) is 33.1 Å². The molecule has 12 heavy (non-hydrogen) atoms. The van der Waals surface area contributed by atoms with Crippen molar-refractivity contribution in [2.75, 3.05) is 13.2 Å². The van der Waals surface area contributed by atoms with Crippen molar-refractivity contribution in [1.82, 2.24) is 0 Å². The number of rotatable bonds is 2. The fourth-order valence-electron chi connectivity index (χ4n) is 1.74. The van der Waals surface area contributed by atoms with Crippen LogP contribution < -0.4 is 0 Å². The van der Waals surface area contributed by atoms with Crippen molar-refractivity contribution < 1.29 is 4.74 Å². The summed E-state index contributed by atoms with van der Waals surface area (Å²) in [5.74, 6) is 0.605. The third-order valence-electron chi connectivity index (χ3n) is 2.36. The van der Waals surface area contributed by atoms with E-state index in [-0.39, 0.29) is 5.41 Å². The van der Waals surface area contributed by atoms with Gasteiger partial charge in [-0.05, 0) is 39.0 Å². The summed E-state index contributed by atoms with van der Waals surface area (Å²) in [4.78, 5) is 0. The molecule has 0 aromatic carbocycles. The van der Waals surface area contributed by atoms with E-state index in [1.54, 1.807) is 0 Å². The number of ether oxygens (including phenoxy) is 1. The normalized spacial score (nSPS) is 24.9. The van der Waals surface area contributed by atoms with E-state index in [0.29, 0.717) is 5.92 Å². The van der Waals surface area contributed by atoms with E-state index >= 15 is 0 Å². The van der Waals surface area contributed by atoms with Crippen molar-refractivity contribution in [2.24, 2.45) is 11.3 Å². The van der Waals surface area contributed by atoms with E-state index in [2.05, 4.69) is 6.07 Å². The number of nitrogens with zero attached hydrogens (tertiary/aromatic N) is 1. The van der Waals surface area contributed by atoms with E-state index in [9.17, 15) is 0 Å². The van der Waals surface area contributed by atoms with Crippen LogP contribution in [0.25, 0.3) is 0 Å². The number of hydrogen-bond donors (Lipinski definition) is 0. The summed E-state index contributed by atoms with van der Waals surface area (Å²) in [5.41, 5.74) is -0.175. The molecule has 0 aromatic rings. The molecule has 0 aromatic heterocycles. The zero-order valence-corrected chi connectivity index (χ0v) is 7.97. The molecule has 0 N–H and O–H groups in total. The van der Waals surface area contributed by atoms with Crippen LogP contribution in [0.5, 0.6) is 0 Å². The van der Waals surface area contributed by atoms with Crippen LogP contribution in [0.15, 0.2) is 0 Å². The van der Waals surface area contributed by atoms with Gasteiger partial charge in [-0.3, -0.25) is 0 Å². The predicted octanol–water partition coefficient (Wildman–Crippen LogP) is 2.35. The number of hydrogen-bond acceptors (Lipinski definition) is 2. The SMILES string of the molecule is CC(C)(C#N)C[C@H]1CCCOC1. The molecule has 2 heteroatoms. The lowest BCUT2D eigenvalue weighted by Crippen LogP contribution is -2.23. The minimum atomic E-state index is -0.175. The first-order valence-electron chi connectivity index (χ1n) is 4.63. The maximum Gasteiger partial charge on any atom is 0.0684 e. The molecule has 0 radical (unpaired) electrons. The molecule has 0 spiro atoms. The molecule has 1 aliphatic heterocycles. The summed E-state index contributed by atoms with van der Waals surface area (Å²) in [6.07, 6.45) is 3.36. The fraction of sp³-hybridized carbons (Fsp3) is 0.900. The van der Waals surface area contributed by atoms with Gasteiger partial charge in [0.15, 0.2) is 0 Å². The monoisotopic (exact) mass is 167 g/mol. The fourth-order valence-corrected chi connectivity index (χ4v) is 1.74. The van der Waals surface area contributed by atoms with E-state index in [1.165, 1.54) is 6.42 Å². The number of nitriles is 1. The van der Waals surface area contributed by atoms with Gasteiger partial charge in [-0.2, -0.15) is 5.26 Å². The van der Waals surface area contributed by atoms with E-state index in [1.807, 2.05) is 13.8 Å². The summed E-state index contributed by atoms with van der Waals surface area (Å²) in [6, 6.07) is 2.33. The van der Waals surface area contributed by atoms with Gasteiger partial charge in [0, 0.05) is 13.2 Å². The lowest BCUT2D eigenvalue weighted by molar-refractivity contribution is 0.0422. The molecule has 1 aliphatic rings. The third-order valence-corrected chi connectivity index (χ3v) is 2.36. The highest BCUT2D eigenvalue weighted by molar-refractivity contribution is 4.93. The first kappa shape index (κ1) is 9.54. The highest BCUT2D eigenvalue weighted by Crippen LogP contribution is 2.28. The molecule has 2 nitrogen and oxygen atoms in total. The molecular formula is C10H17NO. The zero-order valence-electron chi connectivity index (χ0n) is 7.97. The Morgan fingerprint density at radius 1 is 1.58 bits per heavy atom. The second kappa shape index (κ2) is 3.91. The van der Waals surface area contributed by atoms with Crippen molar-refractivity contribution in [3.05, 3.63) is 0 Å². The van der Waals surface area contributed by atoms with Crippen LogP contribution in [0, 0.1) is 22.7 Å². The van der Waals surface area contributed by atoms with Gasteiger partial charge in [0.25, 0.3) is 0 Å². The maximum absolute atomic E-state index is 8.83. The molecule has 0 saturated carbocycles. The maximum atomic E-state index is 8.83. The molecule has 0 amide bonds. The zero-order chi connectivity index (χ0) is 9.03. The second-order valence-corrected chi connectivity index (χ2v) is 4.28. The van der Waals surface area contributed by atoms with Crippen LogP contribution in [-0.2, 0) is 4.74 Å². The topological polar surface area (TPSA) is 33.0 Å². The van der Waals surface area contributed by atoms with Crippen molar-refractivity contribution in [3.8, 4) is 6.07 Å². The molecule has 1 heterocycles. The van der Waals surface area contributed by atoms with Gasteiger partial charge in [-0.15, -0.1) is 0 Å². The van der Waals surface area contributed by atoms with Crippen LogP contribution in [0.3, 0.4) is 0 Å². The molecule has 0 unspecified atom stereocenters. The average Bonchev–Trinajstić information content (AvgIpc) is 2.06. The first-order chi connectivity index (χ1) is 5.64. The van der Waals surface area contributed by atoms with E-state index in [4.69, 9.17) is 10.00 Å². The van der Waals surface area contributed by atoms with Gasteiger partial charge in [0.1, 0.15) is 0 Å². The highest BCUT2D eigenvalue weighted by atomic mass is 16.5. The average molecular weight is 167 g/mol. The van der Waals surface area contributed by atoms with Crippen molar-refractivity contribution in [1.29, 1.82) is 5.26 Å². The Kier molecular flexibility index (Phi) is 3.11. The quantitative estimate of drug-likeness (QED) is 0.632. The Morgan fingerprint density at radius 3 is 2.83 bits per heavy atom. The minimum Gasteiger partial charge on any atom is -0.381 e. The van der Waals surface area contributed by atoms with Crippen molar-refractivity contribution in [3.63, 3.8) is 0 Å². The highest BCUT2D eigenvalue weighted by Gasteiger charge is 2.24. The Bertz CT molecular complexity index is 175. The minimum absolute atomic E-state index is 0.175. The van der Waals surface area contributed by atoms with Crippen LogP contribution >= 0.6 is 0 Å². The molecule has 1 atom stereocenters. The first-order valence-corrected chi connectivity index (χ1v) is 4.63. The van der Waals surface area contributed by atoms with Gasteiger partial charge in [-0.1, -0.05) is 0 Å². The summed E-state index contributed by atoms with van der Waals surface area (Å²) >= 11 is 0. The largest absolute Gasteiger partial charge is 0.381 e. The smallest absolute Gasteiger partial charge is 0.0684 e. The Labute approximate surface area is 74.5 Å². The second-order valence-electron chi connectivity index (χ2n) is 4.28. The lowest BCUT2D eigenvalue weighted by atomic mass is 9.82. The van der Waals surface area contributed by atoms with E-state index in [0.717, 1.165) is 26.1 Å². The third kappa shape index (κ3) is 2.83. The molecular weight excluding hydrogens is 150 g/mol. The van der Waals surface area contributed by atoms with Crippen LogP contribution in [0.4, 0.5) is 0 Å². The van der Waals surface area contributed by atoms with Crippen molar-refractivity contribution >= 4 is 0 Å². The summed E-state index contributed by atoms with van der Waals surface area (Å²) in [5, 5.41) is 8.83. The predicted molar refractivity (Wildman–Crippen MR) is 47.6 cm³/mol. The Hall–Kier alpha value is -0.550. The van der Waals surface area contributed by atoms with Gasteiger partial charge < -0.3 is 4.74 Å². The summed E-state index contributed by atoms with van der Waals surface area (Å²) in [7, 11) is 0. The summed E-state index contributed by atoms with van der Waals surface area (Å²) in [6.45, 7) is 5.76. The molecule has 68 valence electrons.